The fourth-order valence-corrected chi connectivity index (χ4v) is 4.57. The summed E-state index contributed by atoms with van der Waals surface area (Å²) >= 11 is 1.47. The van der Waals surface area contributed by atoms with Crippen LogP contribution in [0.15, 0.2) is 58.5 Å². The highest BCUT2D eigenvalue weighted by molar-refractivity contribution is 8.16. The van der Waals surface area contributed by atoms with E-state index in [1.165, 1.54) is 17.3 Å². The van der Waals surface area contributed by atoms with Gasteiger partial charge in [0.1, 0.15) is 10.8 Å². The third-order valence-electron chi connectivity index (χ3n) is 5.28. The van der Waals surface area contributed by atoms with Crippen LogP contribution in [0.25, 0.3) is 0 Å². The summed E-state index contributed by atoms with van der Waals surface area (Å²) in [5.74, 6) is 1.00. The Morgan fingerprint density at radius 2 is 1.76 bits per heavy atom. The molecular formula is C23H25N3O2S. The maximum Gasteiger partial charge on any atom is 0.234 e. The highest BCUT2D eigenvalue weighted by Gasteiger charge is 2.39. The zero-order valence-electron chi connectivity index (χ0n) is 16.8. The van der Waals surface area contributed by atoms with Gasteiger partial charge in [0, 0.05) is 11.3 Å². The predicted molar refractivity (Wildman–Crippen MR) is 120 cm³/mol. The summed E-state index contributed by atoms with van der Waals surface area (Å²) in [7, 11) is 1.62. The number of carbonyl (C=O) groups is 1. The van der Waals surface area contributed by atoms with Crippen LogP contribution in [0.3, 0.4) is 0 Å². The number of carbonyl (C=O) groups excluding carboxylic acids is 1. The van der Waals surface area contributed by atoms with E-state index in [1.54, 1.807) is 7.11 Å². The molecule has 0 saturated heterocycles. The zero-order valence-corrected chi connectivity index (χ0v) is 17.6. The summed E-state index contributed by atoms with van der Waals surface area (Å²) < 4.78 is 5.15. The molecule has 5 nitrogen and oxygen atoms in total. The first-order valence-electron chi connectivity index (χ1n) is 9.91. The first-order chi connectivity index (χ1) is 14.1. The molecule has 6 heteroatoms. The summed E-state index contributed by atoms with van der Waals surface area (Å²) in [5, 5.41) is 3.81. The van der Waals surface area contributed by atoms with Gasteiger partial charge < -0.3 is 10.1 Å². The summed E-state index contributed by atoms with van der Waals surface area (Å²) in [5.41, 5.74) is 3.65. The van der Waals surface area contributed by atoms with Crippen LogP contribution < -0.4 is 10.1 Å². The van der Waals surface area contributed by atoms with Gasteiger partial charge in [-0.05, 0) is 56.9 Å². The molecule has 1 N–H and O–H groups in total. The van der Waals surface area contributed by atoms with Gasteiger partial charge in [0.2, 0.25) is 5.91 Å². The minimum Gasteiger partial charge on any atom is -0.497 e. The number of hydrogen-bond acceptors (Lipinski definition) is 5. The second-order valence-corrected chi connectivity index (χ2v) is 8.46. The molecule has 4 rings (SSSR count). The van der Waals surface area contributed by atoms with E-state index in [1.807, 2.05) is 24.3 Å². The van der Waals surface area contributed by atoms with Crippen molar-refractivity contribution >= 4 is 34.1 Å². The smallest absolute Gasteiger partial charge is 0.234 e. The molecule has 29 heavy (non-hydrogen) atoms. The quantitative estimate of drug-likeness (QED) is 0.771. The molecule has 1 spiro atoms. The van der Waals surface area contributed by atoms with Crippen LogP contribution in [-0.4, -0.2) is 35.2 Å². The second kappa shape index (κ2) is 8.41. The lowest BCUT2D eigenvalue weighted by molar-refractivity contribution is -0.113. The number of amides is 1. The van der Waals surface area contributed by atoms with Gasteiger partial charge in [0.05, 0.1) is 18.6 Å². The fourth-order valence-electron chi connectivity index (χ4n) is 3.69. The van der Waals surface area contributed by atoms with Gasteiger partial charge in [0.15, 0.2) is 5.66 Å². The van der Waals surface area contributed by atoms with E-state index in [0.717, 1.165) is 53.4 Å². The predicted octanol–water partition coefficient (Wildman–Crippen LogP) is 4.85. The highest BCUT2D eigenvalue weighted by Crippen LogP contribution is 2.40. The van der Waals surface area contributed by atoms with Gasteiger partial charge in [-0.25, -0.2) is 4.99 Å². The number of aryl methyl sites for hydroxylation is 1. The lowest BCUT2D eigenvalue weighted by Gasteiger charge is -2.14. The Labute approximate surface area is 175 Å². The van der Waals surface area contributed by atoms with Crippen LogP contribution in [0.5, 0.6) is 5.75 Å². The number of rotatable bonds is 5. The summed E-state index contributed by atoms with van der Waals surface area (Å²) in [4.78, 5) is 22.5. The molecule has 0 aromatic heterocycles. The van der Waals surface area contributed by atoms with Crippen molar-refractivity contribution in [1.29, 1.82) is 0 Å². The van der Waals surface area contributed by atoms with E-state index in [4.69, 9.17) is 14.7 Å². The van der Waals surface area contributed by atoms with Gasteiger partial charge in [0.25, 0.3) is 0 Å². The van der Waals surface area contributed by atoms with Gasteiger partial charge in [-0.1, -0.05) is 41.6 Å². The number of nitrogens with one attached hydrogen (secondary N) is 1. The van der Waals surface area contributed by atoms with Crippen LogP contribution in [0.1, 0.15) is 36.8 Å². The third-order valence-corrected chi connectivity index (χ3v) is 6.24. The number of ether oxygens (including phenoxy) is 1. The van der Waals surface area contributed by atoms with Gasteiger partial charge in [-0.15, -0.1) is 0 Å². The summed E-state index contributed by atoms with van der Waals surface area (Å²) in [6.45, 7) is 2.08. The molecule has 150 valence electrons. The van der Waals surface area contributed by atoms with E-state index in [0.29, 0.717) is 5.75 Å². The minimum absolute atomic E-state index is 0.0569. The Hall–Kier alpha value is -2.60. The number of thioether (sulfide) groups is 1. The fraction of sp³-hybridized carbons (Fsp3) is 0.348. The summed E-state index contributed by atoms with van der Waals surface area (Å²) in [6.07, 6.45) is 4.29. The maximum absolute atomic E-state index is 12.5. The second-order valence-electron chi connectivity index (χ2n) is 7.50. The van der Waals surface area contributed by atoms with Crippen molar-refractivity contribution in [1.82, 2.24) is 0 Å². The first kappa shape index (κ1) is 19.7. The largest absolute Gasteiger partial charge is 0.497 e. The Morgan fingerprint density at radius 3 is 2.41 bits per heavy atom. The number of aliphatic imine (C=N–C) groups is 2. The number of anilines is 1. The topological polar surface area (TPSA) is 63.0 Å². The normalized spacial score (nSPS) is 17.2. The molecule has 2 aromatic rings. The van der Waals surface area contributed by atoms with E-state index in [2.05, 4.69) is 36.5 Å². The third kappa shape index (κ3) is 4.53. The lowest BCUT2D eigenvalue weighted by Crippen LogP contribution is -2.17. The van der Waals surface area contributed by atoms with E-state index >= 15 is 0 Å². The molecule has 1 amide bonds. The highest BCUT2D eigenvalue weighted by atomic mass is 32.2. The average molecular weight is 408 g/mol. The van der Waals surface area contributed by atoms with Crippen molar-refractivity contribution in [3.05, 3.63) is 59.7 Å². The molecule has 2 aliphatic rings. The maximum atomic E-state index is 12.5. The molecule has 1 saturated carbocycles. The van der Waals surface area contributed by atoms with Crippen molar-refractivity contribution in [2.45, 2.75) is 38.3 Å². The molecule has 0 bridgehead atoms. The van der Waals surface area contributed by atoms with Crippen molar-refractivity contribution in [2.24, 2.45) is 9.98 Å². The molecule has 0 atom stereocenters. The van der Waals surface area contributed by atoms with Crippen LogP contribution in [0.2, 0.25) is 0 Å². The van der Waals surface area contributed by atoms with Crippen LogP contribution >= 0.6 is 11.8 Å². The van der Waals surface area contributed by atoms with Gasteiger partial charge >= 0.3 is 0 Å². The molecule has 1 aliphatic heterocycles. The van der Waals surface area contributed by atoms with Crippen molar-refractivity contribution < 1.29 is 9.53 Å². The number of nitrogens with zero attached hydrogens (tertiary/aromatic N) is 2. The van der Waals surface area contributed by atoms with Gasteiger partial charge in [-0.3, -0.25) is 9.79 Å². The lowest BCUT2D eigenvalue weighted by atomic mass is 10.1. The van der Waals surface area contributed by atoms with Crippen LogP contribution in [0, 0.1) is 6.92 Å². The average Bonchev–Trinajstić information content (AvgIpc) is 3.34. The number of methoxy groups -OCH3 is 1. The van der Waals surface area contributed by atoms with Crippen LogP contribution in [-0.2, 0) is 4.79 Å². The van der Waals surface area contributed by atoms with Gasteiger partial charge in [-0.2, -0.15) is 0 Å². The molecule has 1 fully saturated rings. The van der Waals surface area contributed by atoms with Crippen molar-refractivity contribution in [3.63, 3.8) is 0 Å². The molecule has 0 unspecified atom stereocenters. The van der Waals surface area contributed by atoms with E-state index in [-0.39, 0.29) is 11.6 Å². The zero-order chi connectivity index (χ0) is 20.3. The van der Waals surface area contributed by atoms with E-state index in [9.17, 15) is 4.79 Å². The standard InChI is InChI=1S/C23H25N3O2S/c1-16-5-7-17(8-6-16)21-22(26-23(25-21)13-3-4-14-23)29-15-20(27)24-18-9-11-19(28-2)12-10-18/h5-12H,3-4,13-15H2,1-2H3,(H,24,27). The van der Waals surface area contributed by atoms with E-state index < -0.39 is 0 Å². The Kier molecular flexibility index (Phi) is 5.72. The Morgan fingerprint density at radius 1 is 1.07 bits per heavy atom. The Balaban J connectivity index is 1.46. The number of hydrogen-bond donors (Lipinski definition) is 1. The monoisotopic (exact) mass is 407 g/mol. The Bertz CT molecular complexity index is 943. The van der Waals surface area contributed by atoms with Crippen LogP contribution in [0.4, 0.5) is 5.69 Å². The molecule has 1 heterocycles. The molecule has 0 radical (unpaired) electrons. The first-order valence-corrected chi connectivity index (χ1v) is 10.9. The van der Waals surface area contributed by atoms with Crippen molar-refractivity contribution in [3.8, 4) is 5.75 Å². The minimum atomic E-state index is -0.311. The number of benzene rings is 2. The SMILES string of the molecule is COc1ccc(NC(=O)CSC2=NC3(CCCC3)N=C2c2ccc(C)cc2)cc1. The molecular weight excluding hydrogens is 382 g/mol. The summed E-state index contributed by atoms with van der Waals surface area (Å²) in [6, 6.07) is 15.7. The molecule has 1 aliphatic carbocycles. The van der Waals surface area contributed by atoms with Crippen molar-refractivity contribution in [2.75, 3.05) is 18.2 Å². The molecule has 2 aromatic carbocycles.